The van der Waals surface area contributed by atoms with E-state index in [4.69, 9.17) is 0 Å². The monoisotopic (exact) mass is 291 g/mol. The van der Waals surface area contributed by atoms with Crippen molar-refractivity contribution in [2.45, 2.75) is 46.1 Å². The highest BCUT2D eigenvalue weighted by Gasteiger charge is 2.25. The first kappa shape index (κ1) is 15.6. The summed E-state index contributed by atoms with van der Waals surface area (Å²) in [4.78, 5) is 10.7. The van der Waals surface area contributed by atoms with Gasteiger partial charge in [-0.05, 0) is 44.1 Å². The lowest BCUT2D eigenvalue weighted by Gasteiger charge is -2.33. The number of nitrogens with zero attached hydrogens (tertiary/aromatic N) is 1. The van der Waals surface area contributed by atoms with Gasteiger partial charge in [-0.3, -0.25) is 10.1 Å². The lowest BCUT2D eigenvalue weighted by molar-refractivity contribution is -0.384. The highest BCUT2D eigenvalue weighted by atomic mass is 16.6. The second-order valence-electron chi connectivity index (χ2n) is 6.20. The third kappa shape index (κ3) is 4.09. The Balaban J connectivity index is 2.16. The Morgan fingerprint density at radius 1 is 1.24 bits per heavy atom. The Bertz CT molecular complexity index is 504. The van der Waals surface area contributed by atoms with Crippen LogP contribution in [-0.4, -0.2) is 17.5 Å². The van der Waals surface area contributed by atoms with Crippen LogP contribution in [0.5, 0.6) is 0 Å². The molecule has 5 nitrogen and oxygen atoms in total. The van der Waals surface area contributed by atoms with Gasteiger partial charge in [0.2, 0.25) is 0 Å². The van der Waals surface area contributed by atoms with Gasteiger partial charge in [0, 0.05) is 36.1 Å². The van der Waals surface area contributed by atoms with Gasteiger partial charge in [0.1, 0.15) is 0 Å². The highest BCUT2D eigenvalue weighted by Crippen LogP contribution is 2.32. The molecule has 1 fully saturated rings. The summed E-state index contributed by atoms with van der Waals surface area (Å²) in [5.74, 6) is 1.37. The molecule has 1 aromatic carbocycles. The number of hydrogen-bond acceptors (Lipinski definition) is 4. The van der Waals surface area contributed by atoms with Gasteiger partial charge in [0.25, 0.3) is 5.69 Å². The Morgan fingerprint density at radius 2 is 1.95 bits per heavy atom. The quantitative estimate of drug-likeness (QED) is 0.628. The van der Waals surface area contributed by atoms with Gasteiger partial charge in [-0.15, -0.1) is 0 Å². The molecular formula is C16H25N3O2. The van der Waals surface area contributed by atoms with Gasteiger partial charge >= 0.3 is 0 Å². The standard InChI is InChI=1S/C16H25N3O2/c1-4-17-13-8-14(10-15(9-13)19(20)21)18-16-6-5-11(2)7-12(16)3/h8-12,16-18H,4-7H2,1-3H3. The average Bonchev–Trinajstić information content (AvgIpc) is 2.42. The number of non-ortho nitro benzene ring substituents is 1. The van der Waals surface area contributed by atoms with Crippen LogP contribution in [0.3, 0.4) is 0 Å². The van der Waals surface area contributed by atoms with E-state index >= 15 is 0 Å². The van der Waals surface area contributed by atoms with Gasteiger partial charge in [-0.1, -0.05) is 13.8 Å². The van der Waals surface area contributed by atoms with E-state index in [1.807, 2.05) is 13.0 Å². The summed E-state index contributed by atoms with van der Waals surface area (Å²) in [6.45, 7) is 7.29. The Labute approximate surface area is 126 Å². The molecule has 21 heavy (non-hydrogen) atoms. The summed E-state index contributed by atoms with van der Waals surface area (Å²) >= 11 is 0. The molecular weight excluding hydrogens is 266 g/mol. The van der Waals surface area contributed by atoms with Crippen molar-refractivity contribution in [1.29, 1.82) is 0 Å². The van der Waals surface area contributed by atoms with Crippen molar-refractivity contribution in [3.63, 3.8) is 0 Å². The van der Waals surface area contributed by atoms with Crippen LogP contribution in [0.25, 0.3) is 0 Å². The molecule has 3 atom stereocenters. The molecule has 5 heteroatoms. The van der Waals surface area contributed by atoms with E-state index in [-0.39, 0.29) is 10.6 Å². The van der Waals surface area contributed by atoms with Crippen LogP contribution < -0.4 is 10.6 Å². The lowest BCUT2D eigenvalue weighted by atomic mass is 9.80. The van der Waals surface area contributed by atoms with E-state index in [2.05, 4.69) is 24.5 Å². The average molecular weight is 291 g/mol. The van der Waals surface area contributed by atoms with Crippen LogP contribution in [-0.2, 0) is 0 Å². The molecule has 1 aliphatic rings. The fourth-order valence-electron chi connectivity index (χ4n) is 3.20. The zero-order valence-corrected chi connectivity index (χ0v) is 13.1. The van der Waals surface area contributed by atoms with Crippen LogP contribution in [0.1, 0.15) is 40.0 Å². The van der Waals surface area contributed by atoms with Crippen molar-refractivity contribution in [3.8, 4) is 0 Å². The number of nitrogens with one attached hydrogen (secondary N) is 2. The molecule has 3 unspecified atom stereocenters. The maximum atomic E-state index is 11.1. The summed E-state index contributed by atoms with van der Waals surface area (Å²) < 4.78 is 0. The van der Waals surface area contributed by atoms with Crippen molar-refractivity contribution < 1.29 is 4.92 Å². The maximum Gasteiger partial charge on any atom is 0.273 e. The molecule has 0 saturated heterocycles. The third-order valence-corrected chi connectivity index (χ3v) is 4.29. The molecule has 0 spiro atoms. The van der Waals surface area contributed by atoms with E-state index in [0.717, 1.165) is 30.3 Å². The highest BCUT2D eigenvalue weighted by molar-refractivity contribution is 5.63. The number of benzene rings is 1. The SMILES string of the molecule is CCNc1cc(NC2CCC(C)CC2C)cc([N+](=O)[O-])c1. The van der Waals surface area contributed by atoms with Crippen molar-refractivity contribution in [1.82, 2.24) is 0 Å². The summed E-state index contributed by atoms with van der Waals surface area (Å²) in [5, 5.41) is 17.7. The first-order valence-electron chi connectivity index (χ1n) is 7.79. The van der Waals surface area contributed by atoms with E-state index in [1.165, 1.54) is 12.8 Å². The Morgan fingerprint density at radius 3 is 2.57 bits per heavy atom. The van der Waals surface area contributed by atoms with E-state index in [1.54, 1.807) is 12.1 Å². The molecule has 0 aromatic heterocycles. The van der Waals surface area contributed by atoms with Crippen LogP contribution in [0.15, 0.2) is 18.2 Å². The van der Waals surface area contributed by atoms with Gasteiger partial charge in [0.05, 0.1) is 4.92 Å². The summed E-state index contributed by atoms with van der Waals surface area (Å²) in [6.07, 6.45) is 3.56. The lowest BCUT2D eigenvalue weighted by Crippen LogP contribution is -2.33. The van der Waals surface area contributed by atoms with Gasteiger partial charge in [0.15, 0.2) is 0 Å². The van der Waals surface area contributed by atoms with Crippen LogP contribution >= 0.6 is 0 Å². The minimum absolute atomic E-state index is 0.132. The molecule has 2 N–H and O–H groups in total. The minimum atomic E-state index is -0.335. The van der Waals surface area contributed by atoms with Crippen molar-refractivity contribution >= 4 is 17.1 Å². The molecule has 0 bridgehead atoms. The van der Waals surface area contributed by atoms with Crippen LogP contribution in [0.2, 0.25) is 0 Å². The number of nitro groups is 1. The molecule has 1 saturated carbocycles. The molecule has 2 rings (SSSR count). The van der Waals surface area contributed by atoms with E-state index in [0.29, 0.717) is 12.0 Å². The zero-order chi connectivity index (χ0) is 15.4. The smallest absolute Gasteiger partial charge is 0.273 e. The normalized spacial score (nSPS) is 25.4. The summed E-state index contributed by atoms with van der Waals surface area (Å²) in [6, 6.07) is 5.58. The predicted octanol–water partition coefficient (Wildman–Crippen LogP) is 4.26. The van der Waals surface area contributed by atoms with Crippen LogP contribution in [0.4, 0.5) is 17.1 Å². The number of nitro benzene ring substituents is 1. The molecule has 1 aromatic rings. The number of rotatable bonds is 5. The molecule has 1 aliphatic carbocycles. The first-order chi connectivity index (χ1) is 9.99. The fourth-order valence-corrected chi connectivity index (χ4v) is 3.20. The topological polar surface area (TPSA) is 67.2 Å². The van der Waals surface area contributed by atoms with Crippen molar-refractivity contribution in [2.75, 3.05) is 17.2 Å². The van der Waals surface area contributed by atoms with Crippen molar-refractivity contribution in [2.24, 2.45) is 11.8 Å². The van der Waals surface area contributed by atoms with Crippen LogP contribution in [0, 0.1) is 22.0 Å². The summed E-state index contributed by atoms with van der Waals surface area (Å²) in [5.41, 5.74) is 1.77. The molecule has 0 heterocycles. The third-order valence-electron chi connectivity index (χ3n) is 4.29. The van der Waals surface area contributed by atoms with Crippen molar-refractivity contribution in [3.05, 3.63) is 28.3 Å². The molecule has 116 valence electrons. The Kier molecular flexibility index (Phi) is 5.04. The van der Waals surface area contributed by atoms with Gasteiger partial charge < -0.3 is 10.6 Å². The molecule has 0 radical (unpaired) electrons. The first-order valence-corrected chi connectivity index (χ1v) is 7.79. The predicted molar refractivity (Wildman–Crippen MR) is 86.8 cm³/mol. The number of anilines is 2. The minimum Gasteiger partial charge on any atom is -0.385 e. The Hall–Kier alpha value is -1.78. The summed E-state index contributed by atoms with van der Waals surface area (Å²) in [7, 11) is 0. The van der Waals surface area contributed by atoms with Gasteiger partial charge in [-0.2, -0.15) is 0 Å². The zero-order valence-electron chi connectivity index (χ0n) is 13.1. The fraction of sp³-hybridized carbons (Fsp3) is 0.625. The molecule has 0 aliphatic heterocycles. The second kappa shape index (κ2) is 6.78. The number of hydrogen-bond donors (Lipinski definition) is 2. The van der Waals surface area contributed by atoms with Gasteiger partial charge in [-0.25, -0.2) is 0 Å². The largest absolute Gasteiger partial charge is 0.385 e. The molecule has 0 amide bonds. The van der Waals surface area contributed by atoms with E-state index < -0.39 is 0 Å². The second-order valence-corrected chi connectivity index (χ2v) is 6.20. The van der Waals surface area contributed by atoms with E-state index in [9.17, 15) is 10.1 Å². The maximum absolute atomic E-state index is 11.1.